The minimum Gasteiger partial charge on any atom is -0.373 e. The molecule has 0 radical (unpaired) electrons. The van der Waals surface area contributed by atoms with Gasteiger partial charge in [-0.25, -0.2) is 4.98 Å². The Bertz CT molecular complexity index is 432. The van der Waals surface area contributed by atoms with E-state index in [1.165, 1.54) is 6.42 Å². The van der Waals surface area contributed by atoms with Crippen LogP contribution in [0.15, 0.2) is 12.1 Å². The zero-order valence-electron chi connectivity index (χ0n) is 10.0. The predicted molar refractivity (Wildman–Crippen MR) is 68.5 cm³/mol. The molecule has 0 bridgehead atoms. The van der Waals surface area contributed by atoms with Gasteiger partial charge in [0.05, 0.1) is 5.02 Å². The minimum atomic E-state index is -0.100. The molecule has 1 amide bonds. The minimum absolute atomic E-state index is 0.100. The van der Waals surface area contributed by atoms with Gasteiger partial charge in [-0.1, -0.05) is 11.6 Å². The maximum atomic E-state index is 12.2. The maximum absolute atomic E-state index is 12.2. The summed E-state index contributed by atoms with van der Waals surface area (Å²) in [5, 5.41) is 3.31. The zero-order chi connectivity index (χ0) is 12.4. The molecule has 4 nitrogen and oxygen atoms in total. The third-order valence-corrected chi connectivity index (χ3v) is 3.55. The number of rotatable bonds is 3. The topological polar surface area (TPSA) is 45.2 Å². The predicted octanol–water partition coefficient (Wildman–Crippen LogP) is 2.40. The molecular formula is C12H16ClN3O. The normalized spacial score (nSPS) is 15.2. The van der Waals surface area contributed by atoms with E-state index in [-0.39, 0.29) is 5.91 Å². The van der Waals surface area contributed by atoms with Crippen LogP contribution in [-0.4, -0.2) is 35.9 Å². The van der Waals surface area contributed by atoms with E-state index in [0.29, 0.717) is 22.6 Å². The number of halogens is 1. The van der Waals surface area contributed by atoms with Crippen LogP contribution in [0.2, 0.25) is 5.02 Å². The fourth-order valence-corrected chi connectivity index (χ4v) is 2.02. The van der Waals surface area contributed by atoms with Gasteiger partial charge >= 0.3 is 0 Å². The van der Waals surface area contributed by atoms with Crippen molar-refractivity contribution in [2.75, 3.05) is 19.4 Å². The van der Waals surface area contributed by atoms with E-state index in [9.17, 15) is 4.79 Å². The first kappa shape index (κ1) is 12.2. The number of pyridine rings is 1. The molecule has 0 atom stereocenters. The van der Waals surface area contributed by atoms with Gasteiger partial charge in [-0.15, -0.1) is 0 Å². The average Bonchev–Trinajstić information content (AvgIpc) is 2.26. The Balaban J connectivity index is 2.22. The molecule has 17 heavy (non-hydrogen) atoms. The molecule has 1 N–H and O–H groups in total. The Morgan fingerprint density at radius 3 is 2.76 bits per heavy atom. The lowest BCUT2D eigenvalue weighted by molar-refractivity contribution is 0.0646. The standard InChI is InChI=1S/C12H16ClN3O/c1-14-10-7-6-9(13)11(15-10)12(17)16(2)8-4-3-5-8/h6-8H,3-5H2,1-2H3,(H,14,15). The summed E-state index contributed by atoms with van der Waals surface area (Å²) < 4.78 is 0. The Kier molecular flexibility index (Phi) is 3.52. The van der Waals surface area contributed by atoms with Gasteiger partial charge in [-0.05, 0) is 31.4 Å². The van der Waals surface area contributed by atoms with Crippen molar-refractivity contribution >= 4 is 23.3 Å². The van der Waals surface area contributed by atoms with Crippen molar-refractivity contribution in [3.8, 4) is 0 Å². The molecule has 1 aromatic heterocycles. The van der Waals surface area contributed by atoms with E-state index in [4.69, 9.17) is 11.6 Å². The number of hydrogen-bond acceptors (Lipinski definition) is 3. The van der Waals surface area contributed by atoms with Crippen LogP contribution in [0, 0.1) is 0 Å². The molecule has 1 aromatic rings. The molecule has 1 heterocycles. The lowest BCUT2D eigenvalue weighted by Crippen LogP contribution is -2.41. The second kappa shape index (κ2) is 4.92. The molecule has 1 aliphatic carbocycles. The third kappa shape index (κ3) is 2.36. The van der Waals surface area contributed by atoms with Gasteiger partial charge in [0.1, 0.15) is 11.5 Å². The number of nitrogens with zero attached hydrogens (tertiary/aromatic N) is 2. The van der Waals surface area contributed by atoms with E-state index >= 15 is 0 Å². The summed E-state index contributed by atoms with van der Waals surface area (Å²) in [6, 6.07) is 3.80. The summed E-state index contributed by atoms with van der Waals surface area (Å²) >= 11 is 6.02. The molecule has 0 saturated heterocycles. The summed E-state index contributed by atoms with van der Waals surface area (Å²) in [4.78, 5) is 18.2. The second-order valence-corrected chi connectivity index (χ2v) is 4.68. The Labute approximate surface area is 106 Å². The smallest absolute Gasteiger partial charge is 0.274 e. The van der Waals surface area contributed by atoms with Gasteiger partial charge in [-0.2, -0.15) is 0 Å². The van der Waals surface area contributed by atoms with Crippen molar-refractivity contribution in [2.24, 2.45) is 0 Å². The number of nitrogens with one attached hydrogen (secondary N) is 1. The SMILES string of the molecule is CNc1ccc(Cl)c(C(=O)N(C)C2CCC2)n1. The number of hydrogen-bond donors (Lipinski definition) is 1. The zero-order valence-corrected chi connectivity index (χ0v) is 10.8. The van der Waals surface area contributed by atoms with Crippen LogP contribution in [0.3, 0.4) is 0 Å². The average molecular weight is 254 g/mol. The van der Waals surface area contributed by atoms with Gasteiger partial charge < -0.3 is 10.2 Å². The number of carbonyl (C=O) groups excluding carboxylic acids is 1. The largest absolute Gasteiger partial charge is 0.373 e. The molecule has 5 heteroatoms. The summed E-state index contributed by atoms with van der Waals surface area (Å²) in [7, 11) is 3.58. The van der Waals surface area contributed by atoms with E-state index < -0.39 is 0 Å². The highest BCUT2D eigenvalue weighted by atomic mass is 35.5. The van der Waals surface area contributed by atoms with Crippen LogP contribution in [0.4, 0.5) is 5.82 Å². The van der Waals surface area contributed by atoms with Crippen molar-refractivity contribution in [3.63, 3.8) is 0 Å². The van der Waals surface area contributed by atoms with Gasteiger partial charge in [-0.3, -0.25) is 4.79 Å². The first-order valence-electron chi connectivity index (χ1n) is 5.75. The summed E-state index contributed by atoms with van der Waals surface area (Å²) in [5.41, 5.74) is 0.327. The molecule has 1 aliphatic rings. The van der Waals surface area contributed by atoms with Crippen molar-refractivity contribution in [1.82, 2.24) is 9.88 Å². The van der Waals surface area contributed by atoms with Crippen molar-refractivity contribution < 1.29 is 4.79 Å². The van der Waals surface area contributed by atoms with Gasteiger partial charge in [0.25, 0.3) is 5.91 Å². The summed E-state index contributed by atoms with van der Waals surface area (Å²) in [6.45, 7) is 0. The van der Waals surface area contributed by atoms with Crippen molar-refractivity contribution in [2.45, 2.75) is 25.3 Å². The summed E-state index contributed by atoms with van der Waals surface area (Å²) in [5.74, 6) is 0.552. The van der Waals surface area contributed by atoms with Crippen molar-refractivity contribution in [3.05, 3.63) is 22.8 Å². The van der Waals surface area contributed by atoms with Crippen LogP contribution >= 0.6 is 11.6 Å². The Hall–Kier alpha value is -1.29. The van der Waals surface area contributed by atoms with Gasteiger partial charge in [0.15, 0.2) is 0 Å². The van der Waals surface area contributed by atoms with Crippen LogP contribution in [0.25, 0.3) is 0 Å². The molecule has 92 valence electrons. The number of carbonyl (C=O) groups is 1. The van der Waals surface area contributed by atoms with Crippen LogP contribution in [0.5, 0.6) is 0 Å². The second-order valence-electron chi connectivity index (χ2n) is 4.28. The first-order chi connectivity index (χ1) is 8.13. The lowest BCUT2D eigenvalue weighted by atomic mass is 9.92. The summed E-state index contributed by atoms with van der Waals surface area (Å²) in [6.07, 6.45) is 3.34. The van der Waals surface area contributed by atoms with E-state index in [0.717, 1.165) is 12.8 Å². The molecule has 1 fully saturated rings. The molecular weight excluding hydrogens is 238 g/mol. The highest BCUT2D eigenvalue weighted by molar-refractivity contribution is 6.33. The first-order valence-corrected chi connectivity index (χ1v) is 6.12. The molecule has 0 spiro atoms. The Morgan fingerprint density at radius 1 is 1.53 bits per heavy atom. The van der Waals surface area contributed by atoms with Crippen LogP contribution in [0.1, 0.15) is 29.8 Å². The number of amides is 1. The monoisotopic (exact) mass is 253 g/mol. The van der Waals surface area contributed by atoms with Crippen LogP contribution < -0.4 is 5.32 Å². The fraction of sp³-hybridized carbons (Fsp3) is 0.500. The molecule has 0 aromatic carbocycles. The van der Waals surface area contributed by atoms with E-state index in [1.54, 1.807) is 24.1 Å². The number of anilines is 1. The Morgan fingerprint density at radius 2 is 2.24 bits per heavy atom. The molecule has 1 saturated carbocycles. The van der Waals surface area contributed by atoms with E-state index in [1.807, 2.05) is 7.05 Å². The quantitative estimate of drug-likeness (QED) is 0.900. The molecule has 0 aliphatic heterocycles. The highest BCUT2D eigenvalue weighted by Crippen LogP contribution is 2.26. The molecule has 0 unspecified atom stereocenters. The maximum Gasteiger partial charge on any atom is 0.274 e. The molecule has 2 rings (SSSR count). The lowest BCUT2D eigenvalue weighted by Gasteiger charge is -2.34. The van der Waals surface area contributed by atoms with Gasteiger partial charge in [0, 0.05) is 20.1 Å². The van der Waals surface area contributed by atoms with Crippen molar-refractivity contribution in [1.29, 1.82) is 0 Å². The fourth-order valence-electron chi connectivity index (χ4n) is 1.84. The third-order valence-electron chi connectivity index (χ3n) is 3.25. The van der Waals surface area contributed by atoms with Crippen LogP contribution in [-0.2, 0) is 0 Å². The van der Waals surface area contributed by atoms with Gasteiger partial charge in [0.2, 0.25) is 0 Å². The number of aromatic nitrogens is 1. The van der Waals surface area contributed by atoms with E-state index in [2.05, 4.69) is 10.3 Å². The highest BCUT2D eigenvalue weighted by Gasteiger charge is 2.28.